The van der Waals surface area contributed by atoms with Crippen LogP contribution in [0.1, 0.15) is 40.5 Å². The van der Waals surface area contributed by atoms with Crippen LogP contribution in [0.5, 0.6) is 0 Å². The number of sulfonamides is 1. The van der Waals surface area contributed by atoms with Crippen molar-refractivity contribution in [2.45, 2.75) is 51.5 Å². The average molecular weight is 440 g/mol. The summed E-state index contributed by atoms with van der Waals surface area (Å²) in [6.07, 6.45) is 1.15. The van der Waals surface area contributed by atoms with Gasteiger partial charge in [-0.1, -0.05) is 39.0 Å². The fourth-order valence-corrected chi connectivity index (χ4v) is 6.10. The van der Waals surface area contributed by atoms with Gasteiger partial charge in [-0.25, -0.2) is 13.4 Å². The molecule has 0 spiro atoms. The first-order valence-corrected chi connectivity index (χ1v) is 12.3. The molecule has 1 aliphatic heterocycles. The fourth-order valence-electron chi connectivity index (χ4n) is 3.32. The maximum absolute atomic E-state index is 13.2. The summed E-state index contributed by atoms with van der Waals surface area (Å²) in [6, 6.07) is 4.94. The Kier molecular flexibility index (Phi) is 6.93. The van der Waals surface area contributed by atoms with Gasteiger partial charge in [0.2, 0.25) is 10.0 Å². The lowest BCUT2D eigenvalue weighted by Gasteiger charge is -2.25. The molecule has 9 heteroatoms. The Balaban J connectivity index is 1.84. The standard InChI is InChI=1S/C20H29N3O4S2/c1-13(2)11-23(12-14(3)4)29(25,26)15-7-8-16-18(10-15)28-20(21-16)22-19(24)17-6-5-9-27-17/h7-8,10,13-14,17H,5-6,9,11-12H2,1-4H3,(H,21,22,24). The molecule has 1 aromatic heterocycles. The molecule has 160 valence electrons. The van der Waals surface area contributed by atoms with Crippen LogP contribution < -0.4 is 5.32 Å². The smallest absolute Gasteiger partial charge is 0.255 e. The van der Waals surface area contributed by atoms with Gasteiger partial charge in [0.25, 0.3) is 5.91 Å². The molecule has 1 amide bonds. The number of hydrogen-bond donors (Lipinski definition) is 1. The summed E-state index contributed by atoms with van der Waals surface area (Å²) in [5.74, 6) is 0.264. The Hall–Kier alpha value is -1.55. The first kappa shape index (κ1) is 22.1. The van der Waals surface area contributed by atoms with Crippen molar-refractivity contribution in [2.75, 3.05) is 25.0 Å². The van der Waals surface area contributed by atoms with Gasteiger partial charge in [-0.05, 0) is 42.9 Å². The molecule has 0 bridgehead atoms. The Labute approximate surface area is 176 Å². The molecular weight excluding hydrogens is 410 g/mol. The van der Waals surface area contributed by atoms with E-state index in [1.54, 1.807) is 22.5 Å². The van der Waals surface area contributed by atoms with E-state index in [2.05, 4.69) is 10.3 Å². The van der Waals surface area contributed by atoms with E-state index in [0.717, 1.165) is 11.1 Å². The van der Waals surface area contributed by atoms with E-state index in [-0.39, 0.29) is 22.6 Å². The van der Waals surface area contributed by atoms with Gasteiger partial charge >= 0.3 is 0 Å². The van der Waals surface area contributed by atoms with E-state index in [4.69, 9.17) is 4.74 Å². The zero-order valence-electron chi connectivity index (χ0n) is 17.3. The predicted molar refractivity (Wildman–Crippen MR) is 116 cm³/mol. The molecule has 2 heterocycles. The van der Waals surface area contributed by atoms with Gasteiger partial charge < -0.3 is 4.74 Å². The van der Waals surface area contributed by atoms with Crippen molar-refractivity contribution < 1.29 is 17.9 Å². The number of hydrogen-bond acceptors (Lipinski definition) is 6. The molecule has 3 rings (SSSR count). The molecule has 0 saturated carbocycles. The van der Waals surface area contributed by atoms with Gasteiger partial charge in [0, 0.05) is 19.7 Å². The van der Waals surface area contributed by atoms with Crippen molar-refractivity contribution >= 4 is 42.6 Å². The number of fused-ring (bicyclic) bond motifs is 1. The third kappa shape index (κ3) is 5.33. The van der Waals surface area contributed by atoms with Gasteiger partial charge in [-0.15, -0.1) is 0 Å². The number of rotatable bonds is 8. The lowest BCUT2D eigenvalue weighted by atomic mass is 10.2. The highest BCUT2D eigenvalue weighted by atomic mass is 32.2. The second-order valence-corrected chi connectivity index (χ2v) is 11.2. The molecule has 1 N–H and O–H groups in total. The third-order valence-corrected chi connectivity index (χ3v) is 7.35. The van der Waals surface area contributed by atoms with Crippen LogP contribution in [0.2, 0.25) is 0 Å². The number of thiazole rings is 1. The van der Waals surface area contributed by atoms with Crippen LogP contribution in [0.4, 0.5) is 5.13 Å². The zero-order valence-corrected chi connectivity index (χ0v) is 19.0. The molecule has 0 aliphatic carbocycles. The van der Waals surface area contributed by atoms with Gasteiger partial charge in [0.05, 0.1) is 15.1 Å². The molecule has 1 atom stereocenters. The van der Waals surface area contributed by atoms with Crippen LogP contribution in [0.25, 0.3) is 10.2 Å². The van der Waals surface area contributed by atoms with Crippen LogP contribution in [0, 0.1) is 11.8 Å². The Morgan fingerprint density at radius 3 is 2.55 bits per heavy atom. The quantitative estimate of drug-likeness (QED) is 0.677. The van der Waals surface area contributed by atoms with Crippen molar-refractivity contribution in [3.05, 3.63) is 18.2 Å². The molecule has 1 unspecified atom stereocenters. The van der Waals surface area contributed by atoms with Crippen LogP contribution in [-0.2, 0) is 19.6 Å². The maximum Gasteiger partial charge on any atom is 0.255 e. The highest BCUT2D eigenvalue weighted by Crippen LogP contribution is 2.30. The minimum Gasteiger partial charge on any atom is -0.368 e. The van der Waals surface area contributed by atoms with E-state index in [9.17, 15) is 13.2 Å². The highest BCUT2D eigenvalue weighted by molar-refractivity contribution is 7.89. The third-order valence-electron chi connectivity index (χ3n) is 4.59. The number of benzene rings is 1. The largest absolute Gasteiger partial charge is 0.368 e. The highest BCUT2D eigenvalue weighted by Gasteiger charge is 2.27. The zero-order chi connectivity index (χ0) is 21.2. The van der Waals surface area contributed by atoms with Crippen molar-refractivity contribution in [1.82, 2.24) is 9.29 Å². The maximum atomic E-state index is 13.2. The summed E-state index contributed by atoms with van der Waals surface area (Å²) in [7, 11) is -3.60. The number of nitrogens with one attached hydrogen (secondary N) is 1. The van der Waals surface area contributed by atoms with E-state index in [1.807, 2.05) is 27.7 Å². The number of anilines is 1. The van der Waals surface area contributed by atoms with E-state index in [0.29, 0.717) is 36.8 Å². The lowest BCUT2D eigenvalue weighted by molar-refractivity contribution is -0.124. The SMILES string of the molecule is CC(C)CN(CC(C)C)S(=O)(=O)c1ccc2nc(NC(=O)C3CCCO3)sc2c1. The first-order chi connectivity index (χ1) is 13.7. The molecule has 2 aromatic rings. The second-order valence-electron chi connectivity index (χ2n) is 8.25. The van der Waals surface area contributed by atoms with Crippen LogP contribution in [0.15, 0.2) is 23.1 Å². The minimum atomic E-state index is -3.60. The van der Waals surface area contributed by atoms with Crippen molar-refractivity contribution in [3.63, 3.8) is 0 Å². The average Bonchev–Trinajstić information content (AvgIpc) is 3.29. The van der Waals surface area contributed by atoms with Gasteiger partial charge in [-0.3, -0.25) is 10.1 Å². The van der Waals surface area contributed by atoms with Crippen molar-refractivity contribution in [1.29, 1.82) is 0 Å². The number of amides is 1. The Morgan fingerprint density at radius 2 is 1.97 bits per heavy atom. The number of ether oxygens (including phenoxy) is 1. The van der Waals surface area contributed by atoms with Crippen LogP contribution in [-0.4, -0.2) is 49.4 Å². The van der Waals surface area contributed by atoms with E-state index >= 15 is 0 Å². The van der Waals surface area contributed by atoms with Gasteiger partial charge in [0.15, 0.2) is 5.13 Å². The number of nitrogens with zero attached hydrogens (tertiary/aromatic N) is 2. The minimum absolute atomic E-state index is 0.200. The number of aromatic nitrogens is 1. The summed E-state index contributed by atoms with van der Waals surface area (Å²) in [4.78, 5) is 16.9. The van der Waals surface area contributed by atoms with Crippen LogP contribution in [0.3, 0.4) is 0 Å². The summed E-state index contributed by atoms with van der Waals surface area (Å²) < 4.78 is 34.1. The number of carbonyl (C=O) groups excluding carboxylic acids is 1. The number of carbonyl (C=O) groups is 1. The Morgan fingerprint density at radius 1 is 1.28 bits per heavy atom. The second kappa shape index (κ2) is 9.07. The van der Waals surface area contributed by atoms with Crippen LogP contribution >= 0.6 is 11.3 Å². The Bertz CT molecular complexity index is 953. The summed E-state index contributed by atoms with van der Waals surface area (Å²) in [5, 5.41) is 3.24. The molecule has 1 fully saturated rings. The predicted octanol–water partition coefficient (Wildman–Crippen LogP) is 3.72. The van der Waals surface area contributed by atoms with Crippen molar-refractivity contribution in [2.24, 2.45) is 11.8 Å². The molecule has 29 heavy (non-hydrogen) atoms. The topological polar surface area (TPSA) is 88.6 Å². The first-order valence-electron chi connectivity index (χ1n) is 10.00. The lowest BCUT2D eigenvalue weighted by Crippen LogP contribution is -2.37. The van der Waals surface area contributed by atoms with Crippen molar-refractivity contribution in [3.8, 4) is 0 Å². The molecule has 1 aromatic carbocycles. The summed E-state index contributed by atoms with van der Waals surface area (Å²) in [5.41, 5.74) is 0.663. The molecule has 1 aliphatic rings. The molecular formula is C20H29N3O4S2. The van der Waals surface area contributed by atoms with E-state index in [1.165, 1.54) is 11.3 Å². The normalized spacial score (nSPS) is 17.7. The fraction of sp³-hybridized carbons (Fsp3) is 0.600. The van der Waals surface area contributed by atoms with Gasteiger partial charge in [-0.2, -0.15) is 4.31 Å². The molecule has 1 saturated heterocycles. The monoisotopic (exact) mass is 439 g/mol. The van der Waals surface area contributed by atoms with E-state index < -0.39 is 16.1 Å². The van der Waals surface area contributed by atoms with Gasteiger partial charge in [0.1, 0.15) is 6.10 Å². The summed E-state index contributed by atoms with van der Waals surface area (Å²) in [6.45, 7) is 9.60. The molecule has 7 nitrogen and oxygen atoms in total. The summed E-state index contributed by atoms with van der Waals surface area (Å²) >= 11 is 1.27. The molecule has 0 radical (unpaired) electrons.